The van der Waals surface area contributed by atoms with Crippen molar-refractivity contribution < 1.29 is 9.59 Å². The molecule has 0 bridgehead atoms. The Hall–Kier alpha value is -1.40. The summed E-state index contributed by atoms with van der Waals surface area (Å²) in [5, 5.41) is 4.99. The van der Waals surface area contributed by atoms with E-state index in [1.807, 2.05) is 6.07 Å². The zero-order valence-electron chi connectivity index (χ0n) is 13.1. The lowest BCUT2D eigenvalue weighted by Crippen LogP contribution is -2.69. The van der Waals surface area contributed by atoms with Crippen LogP contribution in [0.4, 0.5) is 0 Å². The van der Waals surface area contributed by atoms with E-state index in [9.17, 15) is 9.59 Å². The highest BCUT2D eigenvalue weighted by Crippen LogP contribution is 2.21. The molecule has 3 rings (SSSR count). The second kappa shape index (κ2) is 6.38. The summed E-state index contributed by atoms with van der Waals surface area (Å²) in [6.07, 6.45) is 0.715. The van der Waals surface area contributed by atoms with Crippen LogP contribution in [-0.4, -0.2) is 53.3 Å². The van der Waals surface area contributed by atoms with Crippen molar-refractivity contribution in [1.29, 1.82) is 0 Å². The van der Waals surface area contributed by atoms with Crippen LogP contribution in [-0.2, 0) is 16.1 Å². The zero-order chi connectivity index (χ0) is 15.7. The number of hydrogen-bond acceptors (Lipinski definition) is 4. The van der Waals surface area contributed by atoms with Crippen LogP contribution in [0.5, 0.6) is 0 Å². The minimum atomic E-state index is -0.340. The largest absolute Gasteiger partial charge is 0.342 e. The summed E-state index contributed by atoms with van der Waals surface area (Å²) in [7, 11) is 0. The van der Waals surface area contributed by atoms with Gasteiger partial charge < -0.3 is 10.2 Å². The highest BCUT2D eigenvalue weighted by atomic mass is 32.1. The molecule has 2 fully saturated rings. The van der Waals surface area contributed by atoms with Gasteiger partial charge in [-0.05, 0) is 23.8 Å². The summed E-state index contributed by atoms with van der Waals surface area (Å²) < 4.78 is 0. The Balaban J connectivity index is 1.65. The summed E-state index contributed by atoms with van der Waals surface area (Å²) in [4.78, 5) is 30.3. The Kier molecular flexibility index (Phi) is 4.49. The molecule has 1 aromatic heterocycles. The molecule has 0 saturated carbocycles. The molecule has 6 heteroatoms. The molecule has 2 aliphatic heterocycles. The van der Waals surface area contributed by atoms with Crippen molar-refractivity contribution in [3.63, 3.8) is 0 Å². The first kappa shape index (κ1) is 15.5. The van der Waals surface area contributed by atoms with Crippen molar-refractivity contribution in [3.05, 3.63) is 22.4 Å². The van der Waals surface area contributed by atoms with E-state index >= 15 is 0 Å². The standard InChI is InChI=1S/C16H23N3O2S/c1-11(2)8-13-16(21)19-6-5-18(9-12-4-3-7-22-12)10-14(19)15(20)17-13/h3-4,7,11,13-14H,5-6,8-10H2,1-2H3,(H,17,20)/t13-,14-/m1/s1. The van der Waals surface area contributed by atoms with E-state index in [2.05, 4.69) is 35.5 Å². The van der Waals surface area contributed by atoms with Gasteiger partial charge in [-0.15, -0.1) is 11.3 Å². The molecule has 2 aliphatic rings. The van der Waals surface area contributed by atoms with E-state index in [-0.39, 0.29) is 23.9 Å². The van der Waals surface area contributed by atoms with Gasteiger partial charge in [0.25, 0.3) is 0 Å². The summed E-state index contributed by atoms with van der Waals surface area (Å²) in [5.74, 6) is 0.487. The van der Waals surface area contributed by atoms with Crippen LogP contribution in [0.15, 0.2) is 17.5 Å². The van der Waals surface area contributed by atoms with Gasteiger partial charge in [0.2, 0.25) is 11.8 Å². The lowest BCUT2D eigenvalue weighted by atomic mass is 9.97. The molecule has 5 nitrogen and oxygen atoms in total. The van der Waals surface area contributed by atoms with Gasteiger partial charge in [0.05, 0.1) is 0 Å². The summed E-state index contributed by atoms with van der Waals surface area (Å²) >= 11 is 1.73. The third-order valence-electron chi connectivity index (χ3n) is 4.33. The normalized spacial score (nSPS) is 26.2. The van der Waals surface area contributed by atoms with Crippen molar-refractivity contribution in [2.75, 3.05) is 19.6 Å². The highest BCUT2D eigenvalue weighted by molar-refractivity contribution is 7.09. The fourth-order valence-corrected chi connectivity index (χ4v) is 4.00. The maximum atomic E-state index is 12.6. The molecule has 0 spiro atoms. The fraction of sp³-hybridized carbons (Fsp3) is 0.625. The Labute approximate surface area is 135 Å². The minimum absolute atomic E-state index is 0.00105. The van der Waals surface area contributed by atoms with Crippen LogP contribution < -0.4 is 5.32 Å². The molecule has 1 aromatic rings. The van der Waals surface area contributed by atoms with Gasteiger partial charge in [-0.2, -0.15) is 0 Å². The second-order valence-corrected chi connectivity index (χ2v) is 7.58. The molecule has 1 N–H and O–H groups in total. The number of thiophene rings is 1. The summed E-state index contributed by atoms with van der Waals surface area (Å²) in [6.45, 7) is 7.12. The maximum absolute atomic E-state index is 12.6. The van der Waals surface area contributed by atoms with E-state index in [0.717, 1.165) is 13.1 Å². The van der Waals surface area contributed by atoms with Gasteiger partial charge in [-0.1, -0.05) is 19.9 Å². The topological polar surface area (TPSA) is 52.7 Å². The number of carbonyl (C=O) groups is 2. The third-order valence-corrected chi connectivity index (χ3v) is 5.19. The van der Waals surface area contributed by atoms with Crippen molar-refractivity contribution >= 4 is 23.2 Å². The molecule has 0 aromatic carbocycles. The predicted octanol–water partition coefficient (Wildman–Crippen LogP) is 1.31. The first-order valence-electron chi connectivity index (χ1n) is 7.90. The molecule has 3 heterocycles. The zero-order valence-corrected chi connectivity index (χ0v) is 13.9. The van der Waals surface area contributed by atoms with Gasteiger partial charge >= 0.3 is 0 Å². The van der Waals surface area contributed by atoms with E-state index in [1.165, 1.54) is 4.88 Å². The number of hydrogen-bond donors (Lipinski definition) is 1. The van der Waals surface area contributed by atoms with Crippen LogP contribution >= 0.6 is 11.3 Å². The number of nitrogens with one attached hydrogen (secondary N) is 1. The number of rotatable bonds is 4. The van der Waals surface area contributed by atoms with E-state index in [1.54, 1.807) is 16.2 Å². The fourth-order valence-electron chi connectivity index (χ4n) is 3.26. The van der Waals surface area contributed by atoms with Crippen molar-refractivity contribution in [1.82, 2.24) is 15.1 Å². The minimum Gasteiger partial charge on any atom is -0.342 e. The van der Waals surface area contributed by atoms with Crippen LogP contribution in [0.25, 0.3) is 0 Å². The second-order valence-electron chi connectivity index (χ2n) is 6.55. The van der Waals surface area contributed by atoms with Crippen LogP contribution in [0, 0.1) is 5.92 Å². The first-order valence-corrected chi connectivity index (χ1v) is 8.78. The Morgan fingerprint density at radius 1 is 1.36 bits per heavy atom. The van der Waals surface area contributed by atoms with Crippen LogP contribution in [0.2, 0.25) is 0 Å². The lowest BCUT2D eigenvalue weighted by molar-refractivity contribution is -0.153. The van der Waals surface area contributed by atoms with Gasteiger partial charge in [0.1, 0.15) is 12.1 Å². The molecule has 2 amide bonds. The molecule has 0 aliphatic carbocycles. The van der Waals surface area contributed by atoms with Crippen LogP contribution in [0.3, 0.4) is 0 Å². The number of piperazine rings is 2. The quantitative estimate of drug-likeness (QED) is 0.910. The average molecular weight is 321 g/mol. The SMILES string of the molecule is CC(C)C[C@H]1NC(=O)[C@H]2CN(Cc3cccs3)CCN2C1=O. The number of fused-ring (bicyclic) bond motifs is 1. The van der Waals surface area contributed by atoms with E-state index in [0.29, 0.717) is 25.4 Å². The lowest BCUT2D eigenvalue weighted by Gasteiger charge is -2.45. The van der Waals surface area contributed by atoms with E-state index < -0.39 is 0 Å². The molecule has 120 valence electrons. The molecule has 22 heavy (non-hydrogen) atoms. The number of carbonyl (C=O) groups excluding carboxylic acids is 2. The Morgan fingerprint density at radius 2 is 2.18 bits per heavy atom. The van der Waals surface area contributed by atoms with Gasteiger partial charge in [0, 0.05) is 31.1 Å². The predicted molar refractivity (Wildman–Crippen MR) is 86.5 cm³/mol. The van der Waals surface area contributed by atoms with E-state index in [4.69, 9.17) is 0 Å². The molecule has 2 saturated heterocycles. The van der Waals surface area contributed by atoms with Gasteiger partial charge in [0.15, 0.2) is 0 Å². The monoisotopic (exact) mass is 321 g/mol. The summed E-state index contributed by atoms with van der Waals surface area (Å²) in [5.41, 5.74) is 0. The number of amides is 2. The summed E-state index contributed by atoms with van der Waals surface area (Å²) in [6, 6.07) is 3.49. The maximum Gasteiger partial charge on any atom is 0.245 e. The molecular formula is C16H23N3O2S. The molecule has 0 unspecified atom stereocenters. The first-order chi connectivity index (χ1) is 10.5. The molecule has 0 radical (unpaired) electrons. The average Bonchev–Trinajstić information content (AvgIpc) is 2.97. The molecular weight excluding hydrogens is 298 g/mol. The molecule has 2 atom stereocenters. The number of nitrogens with zero attached hydrogens (tertiary/aromatic N) is 2. The Bertz CT molecular complexity index is 544. The van der Waals surface area contributed by atoms with Crippen LogP contribution in [0.1, 0.15) is 25.1 Å². The van der Waals surface area contributed by atoms with Gasteiger partial charge in [-0.3, -0.25) is 14.5 Å². The third kappa shape index (κ3) is 3.17. The van der Waals surface area contributed by atoms with Crippen molar-refractivity contribution in [2.45, 2.75) is 38.9 Å². The smallest absolute Gasteiger partial charge is 0.245 e. The van der Waals surface area contributed by atoms with Crippen molar-refractivity contribution in [3.8, 4) is 0 Å². The Morgan fingerprint density at radius 3 is 2.86 bits per heavy atom. The van der Waals surface area contributed by atoms with Gasteiger partial charge in [-0.25, -0.2) is 0 Å². The van der Waals surface area contributed by atoms with Crippen molar-refractivity contribution in [2.24, 2.45) is 5.92 Å². The highest BCUT2D eigenvalue weighted by Gasteiger charge is 2.43.